The lowest BCUT2D eigenvalue weighted by Crippen LogP contribution is -1.81. The van der Waals surface area contributed by atoms with Gasteiger partial charge in [0.1, 0.15) is 9.52 Å². The SMILES string of the molecule is C#C[Si]CCCC. The highest BCUT2D eigenvalue weighted by Crippen LogP contribution is 1.90. The molecule has 2 radical (unpaired) electrons. The van der Waals surface area contributed by atoms with Crippen LogP contribution in [-0.4, -0.2) is 9.52 Å². The molecule has 0 nitrogen and oxygen atoms in total. The van der Waals surface area contributed by atoms with Crippen molar-refractivity contribution in [2.75, 3.05) is 0 Å². The zero-order valence-corrected chi connectivity index (χ0v) is 5.70. The summed E-state index contributed by atoms with van der Waals surface area (Å²) >= 11 is 0. The van der Waals surface area contributed by atoms with Crippen LogP contribution in [-0.2, 0) is 0 Å². The van der Waals surface area contributed by atoms with E-state index in [-0.39, 0.29) is 0 Å². The van der Waals surface area contributed by atoms with Gasteiger partial charge < -0.3 is 0 Å². The molecule has 0 bridgehead atoms. The highest BCUT2D eigenvalue weighted by atomic mass is 28.2. The molecular weight excluding hydrogens is 100 g/mol. The van der Waals surface area contributed by atoms with Gasteiger partial charge in [0.25, 0.3) is 0 Å². The molecule has 0 heterocycles. The van der Waals surface area contributed by atoms with Crippen LogP contribution in [0.1, 0.15) is 19.8 Å². The Morgan fingerprint density at radius 1 is 1.71 bits per heavy atom. The molecule has 0 aromatic carbocycles. The van der Waals surface area contributed by atoms with Crippen LogP contribution in [0.5, 0.6) is 0 Å². The molecule has 0 spiro atoms. The number of unbranched alkanes of at least 4 members (excludes halogenated alkanes) is 1. The van der Waals surface area contributed by atoms with E-state index >= 15 is 0 Å². The summed E-state index contributed by atoms with van der Waals surface area (Å²) < 4.78 is 0. The first-order valence-corrected chi connectivity index (χ1v) is 3.81. The van der Waals surface area contributed by atoms with Gasteiger partial charge in [-0.25, -0.2) is 0 Å². The molecule has 0 aliphatic rings. The Hall–Kier alpha value is -0.223. The van der Waals surface area contributed by atoms with Crippen LogP contribution < -0.4 is 0 Å². The molecule has 0 unspecified atom stereocenters. The molecule has 0 atom stereocenters. The van der Waals surface area contributed by atoms with Gasteiger partial charge in [-0.1, -0.05) is 19.8 Å². The van der Waals surface area contributed by atoms with Crippen molar-refractivity contribution in [3.05, 3.63) is 0 Å². The van der Waals surface area contributed by atoms with Crippen LogP contribution in [0.4, 0.5) is 0 Å². The fourth-order valence-corrected chi connectivity index (χ4v) is 1.01. The second kappa shape index (κ2) is 5.78. The smallest absolute Gasteiger partial charge is 0.139 e. The van der Waals surface area contributed by atoms with Crippen molar-refractivity contribution in [1.82, 2.24) is 0 Å². The van der Waals surface area contributed by atoms with E-state index in [1.54, 1.807) is 0 Å². The molecule has 0 N–H and O–H groups in total. The summed E-state index contributed by atoms with van der Waals surface area (Å²) in [5.74, 6) is 0. The fraction of sp³-hybridized carbons (Fsp3) is 0.667. The van der Waals surface area contributed by atoms with Crippen molar-refractivity contribution >= 4 is 9.52 Å². The maximum Gasteiger partial charge on any atom is 0.147 e. The summed E-state index contributed by atoms with van der Waals surface area (Å²) in [7, 11) is 0.749. The molecule has 38 valence electrons. The van der Waals surface area contributed by atoms with Gasteiger partial charge in [0.05, 0.1) is 0 Å². The molecule has 1 heteroatoms. The monoisotopic (exact) mass is 110 g/mol. The largest absolute Gasteiger partial charge is 0.147 e. The minimum Gasteiger partial charge on any atom is -0.139 e. The summed E-state index contributed by atoms with van der Waals surface area (Å²) in [5.41, 5.74) is 2.63. The normalized spacial score (nSPS) is 8.00. The number of hydrogen-bond donors (Lipinski definition) is 0. The Labute approximate surface area is 48.1 Å². The Kier molecular flexibility index (Phi) is 5.59. The van der Waals surface area contributed by atoms with Gasteiger partial charge in [0.2, 0.25) is 0 Å². The third kappa shape index (κ3) is 5.78. The molecule has 0 aromatic heterocycles. The quantitative estimate of drug-likeness (QED) is 0.293. The summed E-state index contributed by atoms with van der Waals surface area (Å²) in [4.78, 5) is 0. The van der Waals surface area contributed by atoms with Crippen LogP contribution in [0, 0.1) is 12.0 Å². The predicted octanol–water partition coefficient (Wildman–Crippen LogP) is 1.50. The molecule has 0 saturated carbocycles. The second-order valence-corrected chi connectivity index (χ2v) is 2.57. The van der Waals surface area contributed by atoms with Gasteiger partial charge in [-0.15, -0.1) is 12.0 Å². The minimum absolute atomic E-state index is 0.749. The molecule has 0 fully saturated rings. The van der Waals surface area contributed by atoms with Crippen molar-refractivity contribution in [2.45, 2.75) is 25.8 Å². The second-order valence-electron chi connectivity index (χ2n) is 1.42. The van der Waals surface area contributed by atoms with Crippen molar-refractivity contribution in [3.63, 3.8) is 0 Å². The van der Waals surface area contributed by atoms with Gasteiger partial charge in [-0.3, -0.25) is 0 Å². The molecular formula is C6H10Si. The number of rotatable bonds is 3. The number of terminal acetylenes is 1. The Morgan fingerprint density at radius 3 is 2.86 bits per heavy atom. The van der Waals surface area contributed by atoms with Crippen LogP contribution in [0.25, 0.3) is 0 Å². The minimum atomic E-state index is 0.749. The Morgan fingerprint density at radius 2 is 2.43 bits per heavy atom. The van der Waals surface area contributed by atoms with Crippen LogP contribution in [0.2, 0.25) is 6.04 Å². The van der Waals surface area contributed by atoms with Gasteiger partial charge in [0, 0.05) is 0 Å². The standard InChI is InChI=1S/C6H10Si/c1-3-5-6-7-4-2/h2H,3,5-6H2,1H3. The average molecular weight is 110 g/mol. The summed E-state index contributed by atoms with van der Waals surface area (Å²) in [6.45, 7) is 2.18. The number of hydrogen-bond acceptors (Lipinski definition) is 0. The zero-order valence-electron chi connectivity index (χ0n) is 4.70. The fourth-order valence-electron chi connectivity index (χ4n) is 0.337. The molecule has 0 aliphatic carbocycles. The lowest BCUT2D eigenvalue weighted by atomic mass is 10.4. The van der Waals surface area contributed by atoms with E-state index in [0.29, 0.717) is 0 Å². The maximum absolute atomic E-state index is 5.03. The van der Waals surface area contributed by atoms with Gasteiger partial charge >= 0.3 is 0 Å². The highest BCUT2D eigenvalue weighted by molar-refractivity contribution is 6.45. The van der Waals surface area contributed by atoms with E-state index in [4.69, 9.17) is 6.42 Å². The predicted molar refractivity (Wildman–Crippen MR) is 34.3 cm³/mol. The van der Waals surface area contributed by atoms with E-state index in [9.17, 15) is 0 Å². The van der Waals surface area contributed by atoms with Gasteiger partial charge in [-0.2, -0.15) is 0 Å². The van der Waals surface area contributed by atoms with Crippen LogP contribution in [0.3, 0.4) is 0 Å². The van der Waals surface area contributed by atoms with Crippen LogP contribution in [0.15, 0.2) is 0 Å². The van der Waals surface area contributed by atoms with E-state index < -0.39 is 0 Å². The third-order valence-electron chi connectivity index (χ3n) is 0.757. The van der Waals surface area contributed by atoms with E-state index in [1.165, 1.54) is 18.9 Å². The Bertz CT molecular complexity index is 61.1. The molecule has 7 heavy (non-hydrogen) atoms. The lowest BCUT2D eigenvalue weighted by Gasteiger charge is -1.84. The molecule has 0 saturated heterocycles. The molecule has 0 amide bonds. The zero-order chi connectivity index (χ0) is 5.54. The first-order valence-electron chi connectivity index (χ1n) is 2.60. The first-order chi connectivity index (χ1) is 3.41. The van der Waals surface area contributed by atoms with Crippen molar-refractivity contribution in [2.24, 2.45) is 0 Å². The highest BCUT2D eigenvalue weighted by Gasteiger charge is 1.80. The maximum atomic E-state index is 5.03. The Balaban J connectivity index is 2.60. The van der Waals surface area contributed by atoms with Crippen molar-refractivity contribution in [3.8, 4) is 12.0 Å². The molecule has 0 aromatic rings. The topological polar surface area (TPSA) is 0 Å². The first kappa shape index (κ1) is 6.78. The summed E-state index contributed by atoms with van der Waals surface area (Å²) in [6.07, 6.45) is 7.60. The van der Waals surface area contributed by atoms with E-state index in [0.717, 1.165) is 9.52 Å². The lowest BCUT2D eigenvalue weighted by molar-refractivity contribution is 0.881. The van der Waals surface area contributed by atoms with Crippen molar-refractivity contribution in [1.29, 1.82) is 0 Å². The van der Waals surface area contributed by atoms with Crippen molar-refractivity contribution < 1.29 is 0 Å². The van der Waals surface area contributed by atoms with E-state index in [1.807, 2.05) is 0 Å². The van der Waals surface area contributed by atoms with Gasteiger partial charge in [-0.05, 0) is 6.04 Å². The van der Waals surface area contributed by atoms with Gasteiger partial charge in [0.15, 0.2) is 0 Å². The third-order valence-corrected chi connectivity index (χ3v) is 1.57. The van der Waals surface area contributed by atoms with E-state index in [2.05, 4.69) is 12.5 Å². The van der Waals surface area contributed by atoms with Crippen LogP contribution >= 0.6 is 0 Å². The molecule has 0 rings (SSSR count). The summed E-state index contributed by atoms with van der Waals surface area (Å²) in [5, 5.41) is 0. The summed E-state index contributed by atoms with van der Waals surface area (Å²) in [6, 6.07) is 1.23. The molecule has 0 aliphatic heterocycles. The average Bonchev–Trinajstić information content (AvgIpc) is 1.69.